The highest BCUT2D eigenvalue weighted by molar-refractivity contribution is 7.26. The summed E-state index contributed by atoms with van der Waals surface area (Å²) in [4.78, 5) is 0. The van der Waals surface area contributed by atoms with E-state index in [1.165, 1.54) is 10.8 Å². The third-order valence-corrected chi connectivity index (χ3v) is 3.25. The number of rotatable bonds is 0. The molecule has 2 heterocycles. The van der Waals surface area contributed by atoms with Crippen LogP contribution in [0.2, 0.25) is 0 Å². The zero-order valence-electron chi connectivity index (χ0n) is 4.73. The first kappa shape index (κ1) is 6.24. The molecule has 0 aliphatic heterocycles. The van der Waals surface area contributed by atoms with Gasteiger partial charge in [0.2, 0.25) is 0 Å². The summed E-state index contributed by atoms with van der Waals surface area (Å²) in [6.07, 6.45) is 0. The maximum absolute atomic E-state index is 12.6. The summed E-state index contributed by atoms with van der Waals surface area (Å²) in [6.45, 7) is 0. The van der Waals surface area contributed by atoms with E-state index in [2.05, 4.69) is 0 Å². The molecule has 0 unspecified atom stereocenters. The van der Waals surface area contributed by atoms with E-state index < -0.39 is 0 Å². The average molecular weight is 176 g/mol. The van der Waals surface area contributed by atoms with Gasteiger partial charge in [-0.25, -0.2) is 8.78 Å². The van der Waals surface area contributed by atoms with Crippen molar-refractivity contribution in [3.8, 4) is 0 Å². The van der Waals surface area contributed by atoms with Crippen LogP contribution in [0.25, 0.3) is 9.40 Å². The van der Waals surface area contributed by atoms with Crippen molar-refractivity contribution >= 4 is 32.1 Å². The second-order valence-electron chi connectivity index (χ2n) is 1.83. The van der Waals surface area contributed by atoms with E-state index in [0.29, 0.717) is 9.40 Å². The van der Waals surface area contributed by atoms with E-state index in [4.69, 9.17) is 0 Å². The predicted molar refractivity (Wildman–Crippen MR) is 39.6 cm³/mol. The molecule has 4 heteroatoms. The molecule has 0 N–H and O–H groups in total. The molecule has 52 valence electrons. The van der Waals surface area contributed by atoms with Crippen LogP contribution in [0.3, 0.4) is 0 Å². The van der Waals surface area contributed by atoms with Crippen LogP contribution in [-0.2, 0) is 0 Å². The molecule has 0 spiro atoms. The third kappa shape index (κ3) is 0.690. The molecule has 0 fully saturated rings. The van der Waals surface area contributed by atoms with E-state index in [1.807, 2.05) is 0 Å². The maximum Gasteiger partial charge on any atom is 0.151 e. The fraction of sp³-hybridized carbons (Fsp3) is 0. The Balaban J connectivity index is 2.95. The highest BCUT2D eigenvalue weighted by atomic mass is 32.1. The lowest BCUT2D eigenvalue weighted by Crippen LogP contribution is -1.57. The highest BCUT2D eigenvalue weighted by Gasteiger charge is 2.08. The van der Waals surface area contributed by atoms with Crippen LogP contribution in [0.1, 0.15) is 0 Å². The first-order chi connectivity index (χ1) is 4.79. The Hall–Kier alpha value is -0.480. The van der Waals surface area contributed by atoms with Gasteiger partial charge in [-0.3, -0.25) is 0 Å². The minimum Gasteiger partial charge on any atom is -0.204 e. The molecule has 0 atom stereocenters. The van der Waals surface area contributed by atoms with Gasteiger partial charge in [-0.1, -0.05) is 0 Å². The molecule has 0 amide bonds. The topological polar surface area (TPSA) is 0 Å². The van der Waals surface area contributed by atoms with Crippen molar-refractivity contribution in [1.29, 1.82) is 0 Å². The highest BCUT2D eigenvalue weighted by Crippen LogP contribution is 2.32. The van der Waals surface area contributed by atoms with Gasteiger partial charge in [-0.15, -0.1) is 22.7 Å². The molecule has 0 nitrogen and oxygen atoms in total. The Morgan fingerprint density at radius 1 is 0.900 bits per heavy atom. The lowest BCUT2D eigenvalue weighted by Gasteiger charge is -1.72. The summed E-state index contributed by atoms with van der Waals surface area (Å²) in [5.74, 6) is -0.622. The number of thiophene rings is 2. The summed E-state index contributed by atoms with van der Waals surface area (Å²) in [5, 5.41) is 2.65. The van der Waals surface area contributed by atoms with Gasteiger partial charge in [0, 0.05) is 10.8 Å². The van der Waals surface area contributed by atoms with Crippen LogP contribution in [0, 0.1) is 11.6 Å². The van der Waals surface area contributed by atoms with Gasteiger partial charge in [0.15, 0.2) is 11.6 Å². The molecule has 2 aromatic rings. The quantitative estimate of drug-likeness (QED) is 0.578. The summed E-state index contributed by atoms with van der Waals surface area (Å²) in [5.41, 5.74) is 0. The predicted octanol–water partition coefficient (Wildman–Crippen LogP) is 3.24. The Kier molecular flexibility index (Phi) is 1.25. The maximum atomic E-state index is 12.6. The summed E-state index contributed by atoms with van der Waals surface area (Å²) >= 11 is 2.22. The van der Waals surface area contributed by atoms with Gasteiger partial charge in [0.1, 0.15) is 0 Å². The van der Waals surface area contributed by atoms with Crippen LogP contribution in [0.5, 0.6) is 0 Å². The molecule has 0 aliphatic carbocycles. The van der Waals surface area contributed by atoms with Crippen molar-refractivity contribution in [1.82, 2.24) is 0 Å². The minimum absolute atomic E-state index is 0.311. The van der Waals surface area contributed by atoms with E-state index >= 15 is 0 Å². The lowest BCUT2D eigenvalue weighted by atomic mass is 10.5. The second kappa shape index (κ2) is 2.00. The monoisotopic (exact) mass is 176 g/mol. The molecule has 0 aliphatic rings. The van der Waals surface area contributed by atoms with Crippen molar-refractivity contribution < 1.29 is 8.78 Å². The van der Waals surface area contributed by atoms with Crippen molar-refractivity contribution in [3.63, 3.8) is 0 Å². The normalized spacial score (nSPS) is 11.0. The van der Waals surface area contributed by atoms with Gasteiger partial charge >= 0.3 is 0 Å². The lowest BCUT2D eigenvalue weighted by molar-refractivity contribution is 0.641. The van der Waals surface area contributed by atoms with E-state index in [9.17, 15) is 8.78 Å². The van der Waals surface area contributed by atoms with Gasteiger partial charge in [0.25, 0.3) is 0 Å². The van der Waals surface area contributed by atoms with Gasteiger partial charge < -0.3 is 0 Å². The van der Waals surface area contributed by atoms with Crippen molar-refractivity contribution in [2.24, 2.45) is 0 Å². The summed E-state index contributed by atoms with van der Waals surface area (Å²) in [6, 6.07) is 0. The summed E-state index contributed by atoms with van der Waals surface area (Å²) < 4.78 is 26.1. The Labute approximate surface area is 63.7 Å². The first-order valence-electron chi connectivity index (χ1n) is 2.58. The average Bonchev–Trinajstić information content (AvgIpc) is 2.41. The van der Waals surface area contributed by atoms with E-state index in [-0.39, 0.29) is 11.6 Å². The van der Waals surface area contributed by atoms with Crippen LogP contribution in [0.4, 0.5) is 8.78 Å². The Bertz CT molecular complexity index is 325. The molecule has 0 saturated carbocycles. The smallest absolute Gasteiger partial charge is 0.151 e. The largest absolute Gasteiger partial charge is 0.204 e. The van der Waals surface area contributed by atoms with Crippen LogP contribution in [-0.4, -0.2) is 0 Å². The van der Waals surface area contributed by atoms with Crippen LogP contribution < -0.4 is 0 Å². The third-order valence-electron chi connectivity index (χ3n) is 1.20. The Morgan fingerprint density at radius 2 is 1.30 bits per heavy atom. The molecular weight excluding hydrogens is 174 g/mol. The second-order valence-corrected chi connectivity index (χ2v) is 3.58. The number of halogens is 2. The molecule has 0 radical (unpaired) electrons. The molecule has 2 aromatic heterocycles. The van der Waals surface area contributed by atoms with Crippen molar-refractivity contribution in [2.45, 2.75) is 0 Å². The molecule has 10 heavy (non-hydrogen) atoms. The zero-order valence-corrected chi connectivity index (χ0v) is 6.36. The summed E-state index contributed by atoms with van der Waals surface area (Å²) in [7, 11) is 0. The minimum atomic E-state index is -0.311. The standard InChI is InChI=1S/C6H2F2S2/c7-3-1-9-6-4(8)2-10-5(3)6/h1-2H. The Morgan fingerprint density at radius 3 is 1.70 bits per heavy atom. The molecule has 0 bridgehead atoms. The van der Waals surface area contributed by atoms with Crippen molar-refractivity contribution in [2.75, 3.05) is 0 Å². The molecular formula is C6H2F2S2. The van der Waals surface area contributed by atoms with Crippen molar-refractivity contribution in [3.05, 3.63) is 22.4 Å². The van der Waals surface area contributed by atoms with Crippen LogP contribution >= 0.6 is 22.7 Å². The number of hydrogen-bond acceptors (Lipinski definition) is 2. The fourth-order valence-electron chi connectivity index (χ4n) is 0.765. The van der Waals surface area contributed by atoms with E-state index in [1.54, 1.807) is 0 Å². The number of fused-ring (bicyclic) bond motifs is 1. The number of hydrogen-bond donors (Lipinski definition) is 0. The zero-order chi connectivity index (χ0) is 7.14. The first-order valence-corrected chi connectivity index (χ1v) is 4.34. The van der Waals surface area contributed by atoms with Gasteiger partial charge in [0.05, 0.1) is 9.40 Å². The molecule has 2 rings (SSSR count). The van der Waals surface area contributed by atoms with Crippen LogP contribution in [0.15, 0.2) is 10.8 Å². The molecule has 0 aromatic carbocycles. The fourth-order valence-corrected chi connectivity index (χ4v) is 2.63. The SMILES string of the molecule is Fc1csc2c(F)csc12. The van der Waals surface area contributed by atoms with Gasteiger partial charge in [-0.2, -0.15) is 0 Å². The van der Waals surface area contributed by atoms with E-state index in [0.717, 1.165) is 22.7 Å². The molecule has 0 saturated heterocycles. The van der Waals surface area contributed by atoms with Gasteiger partial charge in [-0.05, 0) is 0 Å².